The summed E-state index contributed by atoms with van der Waals surface area (Å²) in [6, 6.07) is 20.3. The molecule has 18 heavy (non-hydrogen) atoms. The Balaban J connectivity index is 2.08. The number of quaternary nitrogens is 1. The van der Waals surface area contributed by atoms with E-state index in [1.165, 1.54) is 16.7 Å². The molecule has 0 spiro atoms. The number of nitrogens with two attached hydrogens (primary N) is 1. The molecule has 0 heterocycles. The Hall–Kier alpha value is -1.60. The molecule has 0 saturated carbocycles. The second-order valence-electron chi connectivity index (χ2n) is 5.04. The van der Waals surface area contributed by atoms with Crippen LogP contribution in [0.15, 0.2) is 54.6 Å². The zero-order chi connectivity index (χ0) is 13.0. The van der Waals surface area contributed by atoms with Crippen LogP contribution in [-0.2, 0) is 0 Å². The van der Waals surface area contributed by atoms with Crippen molar-refractivity contribution in [2.45, 2.75) is 32.9 Å². The number of rotatable bonds is 4. The highest BCUT2D eigenvalue weighted by Gasteiger charge is 2.15. The molecule has 2 aromatic rings. The molecule has 1 heteroatoms. The van der Waals surface area contributed by atoms with E-state index in [2.05, 4.69) is 80.7 Å². The maximum Gasteiger partial charge on any atom is 0.109 e. The van der Waals surface area contributed by atoms with Gasteiger partial charge in [-0.1, -0.05) is 54.6 Å². The minimum absolute atomic E-state index is 0.487. The van der Waals surface area contributed by atoms with Gasteiger partial charge >= 0.3 is 0 Å². The summed E-state index contributed by atoms with van der Waals surface area (Å²) in [6.07, 6.45) is 0. The lowest BCUT2D eigenvalue weighted by Crippen LogP contribution is -2.85. The van der Waals surface area contributed by atoms with Crippen molar-refractivity contribution in [1.29, 1.82) is 0 Å². The third-order valence-corrected chi connectivity index (χ3v) is 3.58. The topological polar surface area (TPSA) is 16.6 Å². The van der Waals surface area contributed by atoms with Crippen molar-refractivity contribution in [2.24, 2.45) is 0 Å². The Morgan fingerprint density at radius 2 is 1.39 bits per heavy atom. The van der Waals surface area contributed by atoms with Gasteiger partial charge in [-0.15, -0.1) is 0 Å². The van der Waals surface area contributed by atoms with E-state index >= 15 is 0 Å². The fourth-order valence-corrected chi connectivity index (χ4v) is 2.50. The van der Waals surface area contributed by atoms with Crippen molar-refractivity contribution in [3.63, 3.8) is 0 Å². The van der Waals surface area contributed by atoms with Crippen LogP contribution in [0, 0.1) is 6.92 Å². The van der Waals surface area contributed by atoms with Gasteiger partial charge in [-0.3, -0.25) is 0 Å². The monoisotopic (exact) mass is 240 g/mol. The zero-order valence-electron chi connectivity index (χ0n) is 11.4. The first-order chi connectivity index (χ1) is 8.68. The minimum Gasteiger partial charge on any atom is -0.334 e. The third-order valence-electron chi connectivity index (χ3n) is 3.58. The molecule has 0 aromatic heterocycles. The van der Waals surface area contributed by atoms with Gasteiger partial charge in [-0.05, 0) is 26.3 Å². The lowest BCUT2D eigenvalue weighted by molar-refractivity contribution is -0.728. The molecule has 2 rings (SSSR count). The highest BCUT2D eigenvalue weighted by Crippen LogP contribution is 2.15. The molecule has 0 aliphatic rings. The Morgan fingerprint density at radius 1 is 0.778 bits per heavy atom. The van der Waals surface area contributed by atoms with Crippen LogP contribution < -0.4 is 5.32 Å². The number of hydrogen-bond donors (Lipinski definition) is 1. The minimum atomic E-state index is 0.487. The summed E-state index contributed by atoms with van der Waals surface area (Å²) in [5.74, 6) is 0. The van der Waals surface area contributed by atoms with Gasteiger partial charge in [0.15, 0.2) is 0 Å². The van der Waals surface area contributed by atoms with Crippen molar-refractivity contribution < 1.29 is 5.32 Å². The maximum atomic E-state index is 2.43. The van der Waals surface area contributed by atoms with Crippen molar-refractivity contribution in [2.75, 3.05) is 0 Å². The summed E-state index contributed by atoms with van der Waals surface area (Å²) < 4.78 is 0. The van der Waals surface area contributed by atoms with Crippen molar-refractivity contribution in [1.82, 2.24) is 0 Å². The first-order valence-electron chi connectivity index (χ1n) is 6.64. The average molecular weight is 240 g/mol. The second-order valence-corrected chi connectivity index (χ2v) is 5.04. The third kappa shape index (κ3) is 2.99. The fourth-order valence-electron chi connectivity index (χ4n) is 2.50. The van der Waals surface area contributed by atoms with E-state index in [0.717, 1.165) is 0 Å². The van der Waals surface area contributed by atoms with Crippen LogP contribution in [0.25, 0.3) is 0 Å². The Morgan fingerprint density at radius 3 is 2.06 bits per heavy atom. The van der Waals surface area contributed by atoms with Crippen LogP contribution >= 0.6 is 0 Å². The zero-order valence-corrected chi connectivity index (χ0v) is 11.4. The maximum absolute atomic E-state index is 2.43. The molecule has 94 valence electrons. The standard InChI is InChI=1S/C17H21N/c1-13-9-7-8-12-17(13)15(3)18-14(2)16-10-5-4-6-11-16/h4-12,14-15,18H,1-3H3/p+1/t14-,15+/m1/s1. The van der Waals surface area contributed by atoms with E-state index in [4.69, 9.17) is 0 Å². The van der Waals surface area contributed by atoms with E-state index in [1.807, 2.05) is 0 Å². The summed E-state index contributed by atoms with van der Waals surface area (Å²) >= 11 is 0. The van der Waals surface area contributed by atoms with E-state index < -0.39 is 0 Å². The van der Waals surface area contributed by atoms with Gasteiger partial charge in [0.05, 0.1) is 0 Å². The van der Waals surface area contributed by atoms with Crippen molar-refractivity contribution in [3.05, 3.63) is 71.3 Å². The van der Waals surface area contributed by atoms with Gasteiger partial charge < -0.3 is 5.32 Å². The number of benzene rings is 2. The van der Waals surface area contributed by atoms with Crippen LogP contribution in [0.5, 0.6) is 0 Å². The molecule has 0 aliphatic carbocycles. The van der Waals surface area contributed by atoms with E-state index in [1.54, 1.807) is 0 Å². The molecular weight excluding hydrogens is 218 g/mol. The quantitative estimate of drug-likeness (QED) is 0.843. The number of hydrogen-bond acceptors (Lipinski definition) is 0. The van der Waals surface area contributed by atoms with Crippen molar-refractivity contribution in [3.8, 4) is 0 Å². The fraction of sp³-hybridized carbons (Fsp3) is 0.294. The van der Waals surface area contributed by atoms with E-state index in [-0.39, 0.29) is 0 Å². The first-order valence-corrected chi connectivity index (χ1v) is 6.64. The Bertz CT molecular complexity index is 490. The largest absolute Gasteiger partial charge is 0.334 e. The van der Waals surface area contributed by atoms with Crippen LogP contribution in [0.3, 0.4) is 0 Å². The van der Waals surface area contributed by atoms with Crippen LogP contribution in [0.4, 0.5) is 0 Å². The van der Waals surface area contributed by atoms with Gasteiger partial charge in [0.25, 0.3) is 0 Å². The summed E-state index contributed by atoms with van der Waals surface area (Å²) in [5.41, 5.74) is 4.19. The van der Waals surface area contributed by atoms with Gasteiger partial charge in [0.2, 0.25) is 0 Å². The molecule has 0 amide bonds. The lowest BCUT2D eigenvalue weighted by atomic mass is 10.0. The van der Waals surface area contributed by atoms with Crippen LogP contribution in [-0.4, -0.2) is 0 Å². The molecule has 0 radical (unpaired) electrons. The molecular formula is C17H22N+. The average Bonchev–Trinajstić information content (AvgIpc) is 2.40. The number of aryl methyl sites for hydroxylation is 1. The normalized spacial score (nSPS) is 14.2. The highest BCUT2D eigenvalue weighted by atomic mass is 14.9. The second kappa shape index (κ2) is 5.83. The summed E-state index contributed by atoms with van der Waals surface area (Å²) in [5, 5.41) is 2.43. The predicted molar refractivity (Wildman–Crippen MR) is 76.4 cm³/mol. The smallest absolute Gasteiger partial charge is 0.109 e. The molecule has 0 bridgehead atoms. The first kappa shape index (κ1) is 12.8. The van der Waals surface area contributed by atoms with Gasteiger partial charge in [-0.25, -0.2) is 0 Å². The summed E-state index contributed by atoms with van der Waals surface area (Å²) in [6.45, 7) is 6.73. The predicted octanol–water partition coefficient (Wildman–Crippen LogP) is 3.38. The molecule has 2 aromatic carbocycles. The molecule has 0 aliphatic heterocycles. The van der Waals surface area contributed by atoms with Crippen molar-refractivity contribution >= 4 is 0 Å². The SMILES string of the molecule is Cc1ccccc1[C@H](C)[NH2+][C@H](C)c1ccccc1. The van der Waals surface area contributed by atoms with E-state index in [0.29, 0.717) is 12.1 Å². The molecule has 2 atom stereocenters. The molecule has 0 saturated heterocycles. The highest BCUT2D eigenvalue weighted by molar-refractivity contribution is 5.27. The van der Waals surface area contributed by atoms with Gasteiger partial charge in [0.1, 0.15) is 12.1 Å². The van der Waals surface area contributed by atoms with Crippen LogP contribution in [0.2, 0.25) is 0 Å². The Labute approximate surface area is 110 Å². The summed E-state index contributed by atoms with van der Waals surface area (Å²) in [4.78, 5) is 0. The van der Waals surface area contributed by atoms with Crippen LogP contribution in [0.1, 0.15) is 42.6 Å². The molecule has 0 fully saturated rings. The van der Waals surface area contributed by atoms with Gasteiger partial charge in [0, 0.05) is 11.1 Å². The lowest BCUT2D eigenvalue weighted by Gasteiger charge is -2.18. The van der Waals surface area contributed by atoms with E-state index in [9.17, 15) is 0 Å². The molecule has 1 nitrogen and oxygen atoms in total. The Kier molecular flexibility index (Phi) is 4.16. The molecule has 2 N–H and O–H groups in total. The van der Waals surface area contributed by atoms with Gasteiger partial charge in [-0.2, -0.15) is 0 Å². The summed E-state index contributed by atoms with van der Waals surface area (Å²) in [7, 11) is 0. The molecule has 0 unspecified atom stereocenters.